The first kappa shape index (κ1) is 18.8. The number of aliphatic imine (C=N–C) groups is 1. The van der Waals surface area contributed by atoms with Gasteiger partial charge >= 0.3 is 0 Å². The summed E-state index contributed by atoms with van der Waals surface area (Å²) in [7, 11) is 0. The van der Waals surface area contributed by atoms with Crippen LogP contribution in [0.15, 0.2) is 41.5 Å². The Hall–Kier alpha value is -2.56. The Labute approximate surface area is 150 Å². The average Bonchev–Trinajstić information content (AvgIpc) is 2.56. The lowest BCUT2D eigenvalue weighted by Gasteiger charge is -2.14. The minimum absolute atomic E-state index is 0.332. The fourth-order valence-corrected chi connectivity index (χ4v) is 2.27. The highest BCUT2D eigenvalue weighted by Gasteiger charge is 2.04. The number of nitrogens with zero attached hydrogens (tertiary/aromatic N) is 2. The van der Waals surface area contributed by atoms with Crippen molar-refractivity contribution in [2.24, 2.45) is 4.99 Å². The molecular weight excluding hydrogens is 312 g/mol. The van der Waals surface area contributed by atoms with E-state index >= 15 is 0 Å². The lowest BCUT2D eigenvalue weighted by Crippen LogP contribution is -2.40. The van der Waals surface area contributed by atoms with Gasteiger partial charge in [-0.15, -0.1) is 0 Å². The number of hydrogen-bond donors (Lipinski definition) is 2. The summed E-state index contributed by atoms with van der Waals surface area (Å²) in [6.07, 6.45) is 1.75. The highest BCUT2D eigenvalue weighted by atomic mass is 16.5. The maximum atomic E-state index is 5.88. The molecule has 2 N–H and O–H groups in total. The second-order valence-electron chi connectivity index (χ2n) is 6.34. The van der Waals surface area contributed by atoms with Crippen molar-refractivity contribution in [1.82, 2.24) is 15.6 Å². The van der Waals surface area contributed by atoms with Crippen molar-refractivity contribution in [3.8, 4) is 11.6 Å². The molecule has 0 aliphatic carbocycles. The molecule has 1 aromatic heterocycles. The van der Waals surface area contributed by atoms with Crippen LogP contribution in [0.3, 0.4) is 0 Å². The minimum Gasteiger partial charge on any atom is -0.439 e. The van der Waals surface area contributed by atoms with E-state index in [0.717, 1.165) is 23.8 Å². The van der Waals surface area contributed by atoms with Crippen LogP contribution in [0.4, 0.5) is 0 Å². The Bertz CT molecular complexity index is 725. The molecule has 0 amide bonds. The second kappa shape index (κ2) is 9.06. The summed E-state index contributed by atoms with van der Waals surface area (Å²) in [6.45, 7) is 11.8. The smallest absolute Gasteiger partial charge is 0.219 e. The number of pyridine rings is 1. The van der Waals surface area contributed by atoms with Gasteiger partial charge in [-0.1, -0.05) is 6.07 Å². The predicted octanol–water partition coefficient (Wildman–Crippen LogP) is 3.95. The number of nitrogens with one attached hydrogen (secondary N) is 2. The Balaban J connectivity index is 2.08. The van der Waals surface area contributed by atoms with E-state index in [0.29, 0.717) is 18.5 Å². The number of ether oxygens (including phenoxy) is 1. The van der Waals surface area contributed by atoms with Gasteiger partial charge in [0.2, 0.25) is 5.88 Å². The van der Waals surface area contributed by atoms with E-state index < -0.39 is 0 Å². The molecule has 0 aliphatic rings. The Morgan fingerprint density at radius 1 is 1.16 bits per heavy atom. The summed E-state index contributed by atoms with van der Waals surface area (Å²) >= 11 is 0. The molecule has 0 spiro atoms. The molecule has 25 heavy (non-hydrogen) atoms. The van der Waals surface area contributed by atoms with Crippen molar-refractivity contribution in [3.63, 3.8) is 0 Å². The quantitative estimate of drug-likeness (QED) is 0.617. The molecule has 0 unspecified atom stereocenters. The number of aromatic nitrogens is 1. The van der Waals surface area contributed by atoms with E-state index in [2.05, 4.69) is 61.3 Å². The topological polar surface area (TPSA) is 58.5 Å². The maximum absolute atomic E-state index is 5.88. The van der Waals surface area contributed by atoms with Gasteiger partial charge in [-0.2, -0.15) is 0 Å². The normalized spacial score (nSPS) is 11.5. The second-order valence-corrected chi connectivity index (χ2v) is 6.34. The van der Waals surface area contributed by atoms with E-state index in [1.54, 1.807) is 6.20 Å². The molecule has 0 saturated heterocycles. The molecular formula is C20H28N4O. The van der Waals surface area contributed by atoms with Crippen molar-refractivity contribution < 1.29 is 4.74 Å². The van der Waals surface area contributed by atoms with E-state index in [4.69, 9.17) is 4.74 Å². The van der Waals surface area contributed by atoms with Gasteiger partial charge in [-0.25, -0.2) is 9.98 Å². The van der Waals surface area contributed by atoms with Crippen LogP contribution >= 0.6 is 0 Å². The Kier molecular flexibility index (Phi) is 6.81. The summed E-state index contributed by atoms with van der Waals surface area (Å²) in [6, 6.07) is 10.3. The van der Waals surface area contributed by atoms with Gasteiger partial charge in [0.1, 0.15) is 5.75 Å². The molecule has 0 aliphatic heterocycles. The van der Waals surface area contributed by atoms with Crippen LogP contribution in [0, 0.1) is 13.8 Å². The minimum atomic E-state index is 0.332. The summed E-state index contributed by atoms with van der Waals surface area (Å²) in [5, 5.41) is 6.55. The van der Waals surface area contributed by atoms with Crippen molar-refractivity contribution in [2.45, 2.75) is 47.2 Å². The summed E-state index contributed by atoms with van der Waals surface area (Å²) in [4.78, 5) is 8.91. The fourth-order valence-electron chi connectivity index (χ4n) is 2.27. The molecule has 0 bridgehead atoms. The molecule has 0 fully saturated rings. The Morgan fingerprint density at radius 2 is 1.96 bits per heavy atom. The zero-order valence-corrected chi connectivity index (χ0v) is 15.8. The third kappa shape index (κ3) is 6.10. The monoisotopic (exact) mass is 340 g/mol. The zero-order chi connectivity index (χ0) is 18.2. The molecule has 0 atom stereocenters. The standard InChI is InChI=1S/C20H28N4O/c1-6-21-20(24-14(2)3)23-13-17-9-10-22-19(12-17)25-18-8-7-15(4)16(5)11-18/h7-12,14H,6,13H2,1-5H3,(H2,21,23,24). The van der Waals surface area contributed by atoms with Crippen molar-refractivity contribution in [2.75, 3.05) is 6.54 Å². The lowest BCUT2D eigenvalue weighted by molar-refractivity contribution is 0.461. The van der Waals surface area contributed by atoms with E-state index in [-0.39, 0.29) is 0 Å². The van der Waals surface area contributed by atoms with Crippen LogP contribution in [0.5, 0.6) is 11.6 Å². The highest BCUT2D eigenvalue weighted by Crippen LogP contribution is 2.22. The van der Waals surface area contributed by atoms with Crippen LogP contribution < -0.4 is 15.4 Å². The van der Waals surface area contributed by atoms with Crippen molar-refractivity contribution in [3.05, 3.63) is 53.2 Å². The van der Waals surface area contributed by atoms with E-state index in [1.165, 1.54) is 11.1 Å². The molecule has 2 rings (SSSR count). The average molecular weight is 340 g/mol. The number of benzene rings is 1. The van der Waals surface area contributed by atoms with E-state index in [9.17, 15) is 0 Å². The summed E-state index contributed by atoms with van der Waals surface area (Å²) < 4.78 is 5.88. The summed E-state index contributed by atoms with van der Waals surface area (Å²) in [5.74, 6) is 2.19. The highest BCUT2D eigenvalue weighted by molar-refractivity contribution is 5.79. The molecule has 1 heterocycles. The number of rotatable bonds is 6. The van der Waals surface area contributed by atoms with Gasteiger partial charge in [-0.05, 0) is 69.5 Å². The molecule has 2 aromatic rings. The SMILES string of the molecule is CCNC(=NCc1ccnc(Oc2ccc(C)c(C)c2)c1)NC(C)C. The van der Waals surface area contributed by atoms with Crippen LogP contribution in [0.25, 0.3) is 0 Å². The first-order valence-electron chi connectivity index (χ1n) is 8.72. The third-order valence-electron chi connectivity index (χ3n) is 3.69. The summed E-state index contributed by atoms with van der Waals surface area (Å²) in [5.41, 5.74) is 3.50. The van der Waals surface area contributed by atoms with Crippen molar-refractivity contribution in [1.29, 1.82) is 0 Å². The first-order chi connectivity index (χ1) is 12.0. The van der Waals surface area contributed by atoms with Gasteiger partial charge in [0, 0.05) is 24.8 Å². The third-order valence-corrected chi connectivity index (χ3v) is 3.69. The van der Waals surface area contributed by atoms with Gasteiger partial charge in [0.25, 0.3) is 0 Å². The lowest BCUT2D eigenvalue weighted by atomic mass is 10.1. The predicted molar refractivity (Wildman–Crippen MR) is 103 cm³/mol. The van der Waals surface area contributed by atoms with Crippen LogP contribution in [0.2, 0.25) is 0 Å². The fraction of sp³-hybridized carbons (Fsp3) is 0.400. The van der Waals surface area contributed by atoms with Crippen LogP contribution in [0.1, 0.15) is 37.5 Å². The zero-order valence-electron chi connectivity index (χ0n) is 15.8. The first-order valence-corrected chi connectivity index (χ1v) is 8.72. The molecule has 0 saturated carbocycles. The van der Waals surface area contributed by atoms with Crippen LogP contribution in [-0.4, -0.2) is 23.5 Å². The molecule has 1 aromatic carbocycles. The molecule has 0 radical (unpaired) electrons. The van der Waals surface area contributed by atoms with Crippen molar-refractivity contribution >= 4 is 5.96 Å². The van der Waals surface area contributed by atoms with Gasteiger partial charge < -0.3 is 15.4 Å². The number of guanidine groups is 1. The molecule has 5 heteroatoms. The molecule has 134 valence electrons. The maximum Gasteiger partial charge on any atom is 0.219 e. The number of aryl methyl sites for hydroxylation is 2. The van der Waals surface area contributed by atoms with Crippen LogP contribution in [-0.2, 0) is 6.54 Å². The number of hydrogen-bond acceptors (Lipinski definition) is 3. The van der Waals surface area contributed by atoms with Gasteiger partial charge in [0.05, 0.1) is 6.54 Å². The van der Waals surface area contributed by atoms with Gasteiger partial charge in [0.15, 0.2) is 5.96 Å². The largest absolute Gasteiger partial charge is 0.439 e. The molecule has 5 nitrogen and oxygen atoms in total. The van der Waals surface area contributed by atoms with E-state index in [1.807, 2.05) is 24.3 Å². The Morgan fingerprint density at radius 3 is 2.64 bits per heavy atom. The van der Waals surface area contributed by atoms with Gasteiger partial charge in [-0.3, -0.25) is 0 Å².